The molecule has 0 amide bonds. The number of rotatable bonds is 0. The molecule has 1 heteroatoms. The molecule has 0 N–H and O–H groups in total. The zero-order chi connectivity index (χ0) is 13.8. The molecule has 0 fully saturated rings. The Morgan fingerprint density at radius 2 is 1.84 bits per heavy atom. The number of hydrogen-bond donors (Lipinski definition) is 0. The lowest BCUT2D eigenvalue weighted by Crippen LogP contribution is -2.44. The summed E-state index contributed by atoms with van der Waals surface area (Å²) in [5.41, 5.74) is 7.11. The molecule has 1 nitrogen and oxygen atoms in total. The fourth-order valence-corrected chi connectivity index (χ4v) is 4.19. The van der Waals surface area contributed by atoms with E-state index >= 15 is 0 Å². The van der Waals surface area contributed by atoms with E-state index in [2.05, 4.69) is 51.8 Å². The number of likely N-dealkylation sites (N-methyl/N-ethyl adjacent to an activating group) is 1. The third-order valence-corrected chi connectivity index (χ3v) is 5.01. The van der Waals surface area contributed by atoms with Gasteiger partial charge in [0.1, 0.15) is 0 Å². The second-order valence-electron chi connectivity index (χ2n) is 8.01. The maximum absolute atomic E-state index is 2.50. The van der Waals surface area contributed by atoms with Crippen LogP contribution in [0.15, 0.2) is 12.1 Å². The Hall–Kier alpha value is -0.820. The van der Waals surface area contributed by atoms with E-state index in [4.69, 9.17) is 0 Å². The third kappa shape index (κ3) is 2.12. The van der Waals surface area contributed by atoms with Gasteiger partial charge in [0.15, 0.2) is 0 Å². The number of hydrogen-bond acceptors (Lipinski definition) is 1. The van der Waals surface area contributed by atoms with Crippen molar-refractivity contribution in [3.05, 3.63) is 34.4 Å². The molecule has 1 aliphatic heterocycles. The molecular weight excluding hydrogens is 230 g/mol. The molecule has 1 aromatic carbocycles. The molecule has 0 aromatic heterocycles. The van der Waals surface area contributed by atoms with Gasteiger partial charge in [0.05, 0.1) is 0 Å². The molecular formula is C18H27N. The Morgan fingerprint density at radius 1 is 1.16 bits per heavy atom. The lowest BCUT2D eigenvalue weighted by molar-refractivity contribution is 0.203. The fraction of sp³-hybridized carbons (Fsp3) is 0.667. The second-order valence-corrected chi connectivity index (χ2v) is 8.01. The third-order valence-electron chi connectivity index (χ3n) is 5.01. The van der Waals surface area contributed by atoms with E-state index in [0.29, 0.717) is 5.41 Å². The first-order chi connectivity index (χ1) is 8.79. The standard InChI is InChI=1S/C18H27N/c1-17(2,3)15-9-13-7-6-8-18(4)12-19(5)11-14(10-15)16(13)18/h9-10H,6-8,11-12H2,1-5H3. The zero-order valence-electron chi connectivity index (χ0n) is 13.1. The number of nitrogens with zero attached hydrogens (tertiary/aromatic N) is 1. The summed E-state index contributed by atoms with van der Waals surface area (Å²) >= 11 is 0. The predicted molar refractivity (Wildman–Crippen MR) is 81.8 cm³/mol. The second kappa shape index (κ2) is 4.09. The van der Waals surface area contributed by atoms with E-state index in [1.807, 2.05) is 0 Å². The van der Waals surface area contributed by atoms with Gasteiger partial charge in [-0.3, -0.25) is 0 Å². The minimum Gasteiger partial charge on any atom is -0.301 e. The molecule has 0 bridgehead atoms. The largest absolute Gasteiger partial charge is 0.301 e. The smallest absolute Gasteiger partial charge is 0.0234 e. The van der Waals surface area contributed by atoms with Crippen molar-refractivity contribution in [1.82, 2.24) is 4.90 Å². The average Bonchev–Trinajstić information content (AvgIpc) is 2.25. The summed E-state index contributed by atoms with van der Waals surface area (Å²) in [5.74, 6) is 0. The van der Waals surface area contributed by atoms with Gasteiger partial charge in [-0.15, -0.1) is 0 Å². The van der Waals surface area contributed by atoms with Crippen LogP contribution < -0.4 is 0 Å². The summed E-state index contributed by atoms with van der Waals surface area (Å²) in [6.07, 6.45) is 3.99. The summed E-state index contributed by atoms with van der Waals surface area (Å²) in [5, 5.41) is 0. The maximum Gasteiger partial charge on any atom is 0.0234 e. The Morgan fingerprint density at radius 3 is 2.53 bits per heavy atom. The quantitative estimate of drug-likeness (QED) is 0.678. The molecule has 0 radical (unpaired) electrons. The van der Waals surface area contributed by atoms with Gasteiger partial charge in [-0.05, 0) is 54.0 Å². The molecule has 1 heterocycles. The summed E-state index contributed by atoms with van der Waals surface area (Å²) in [6, 6.07) is 4.99. The molecule has 2 aliphatic rings. The molecule has 19 heavy (non-hydrogen) atoms. The summed E-state index contributed by atoms with van der Waals surface area (Å²) in [7, 11) is 2.27. The molecule has 104 valence electrons. The van der Waals surface area contributed by atoms with Crippen LogP contribution in [-0.4, -0.2) is 18.5 Å². The summed E-state index contributed by atoms with van der Waals surface area (Å²) < 4.78 is 0. The van der Waals surface area contributed by atoms with Gasteiger partial charge in [-0.25, -0.2) is 0 Å². The lowest BCUT2D eigenvalue weighted by atomic mass is 9.66. The van der Waals surface area contributed by atoms with Crippen LogP contribution >= 0.6 is 0 Å². The normalized spacial score (nSPS) is 27.2. The first kappa shape index (κ1) is 13.2. The van der Waals surface area contributed by atoms with Crippen molar-refractivity contribution < 1.29 is 0 Å². The van der Waals surface area contributed by atoms with Crippen molar-refractivity contribution in [2.45, 2.75) is 64.3 Å². The van der Waals surface area contributed by atoms with E-state index in [0.717, 1.165) is 6.54 Å². The molecule has 1 aromatic rings. The Bertz CT molecular complexity index is 509. The van der Waals surface area contributed by atoms with Crippen molar-refractivity contribution in [3.8, 4) is 0 Å². The summed E-state index contributed by atoms with van der Waals surface area (Å²) in [6.45, 7) is 11.8. The van der Waals surface area contributed by atoms with Crippen LogP contribution in [0.5, 0.6) is 0 Å². The van der Waals surface area contributed by atoms with Crippen molar-refractivity contribution >= 4 is 0 Å². The molecule has 0 spiro atoms. The Kier molecular flexibility index (Phi) is 2.83. The van der Waals surface area contributed by atoms with Gasteiger partial charge in [0, 0.05) is 18.5 Å². The van der Waals surface area contributed by atoms with Crippen LogP contribution in [0.4, 0.5) is 0 Å². The monoisotopic (exact) mass is 257 g/mol. The van der Waals surface area contributed by atoms with Crippen molar-refractivity contribution in [2.75, 3.05) is 13.6 Å². The minimum atomic E-state index is 0.259. The molecule has 1 atom stereocenters. The van der Waals surface area contributed by atoms with E-state index < -0.39 is 0 Å². The van der Waals surface area contributed by atoms with E-state index in [1.165, 1.54) is 31.4 Å². The highest BCUT2D eigenvalue weighted by Crippen LogP contribution is 2.44. The lowest BCUT2D eigenvalue weighted by Gasteiger charge is -2.45. The van der Waals surface area contributed by atoms with Gasteiger partial charge < -0.3 is 4.90 Å². The predicted octanol–water partition coefficient (Wildman–Crippen LogP) is 4.02. The highest BCUT2D eigenvalue weighted by Gasteiger charge is 2.38. The molecule has 0 saturated heterocycles. The number of benzene rings is 1. The van der Waals surface area contributed by atoms with Gasteiger partial charge >= 0.3 is 0 Å². The van der Waals surface area contributed by atoms with E-state index in [-0.39, 0.29) is 5.41 Å². The van der Waals surface area contributed by atoms with Gasteiger partial charge in [-0.2, -0.15) is 0 Å². The van der Waals surface area contributed by atoms with Crippen LogP contribution in [-0.2, 0) is 23.8 Å². The van der Waals surface area contributed by atoms with Crippen LogP contribution in [0.25, 0.3) is 0 Å². The van der Waals surface area contributed by atoms with E-state index in [1.54, 1.807) is 16.7 Å². The first-order valence-electron chi connectivity index (χ1n) is 7.65. The van der Waals surface area contributed by atoms with Crippen molar-refractivity contribution in [1.29, 1.82) is 0 Å². The van der Waals surface area contributed by atoms with Gasteiger partial charge in [0.2, 0.25) is 0 Å². The molecule has 1 aliphatic carbocycles. The van der Waals surface area contributed by atoms with Gasteiger partial charge in [-0.1, -0.05) is 39.8 Å². The van der Waals surface area contributed by atoms with Gasteiger partial charge in [0.25, 0.3) is 0 Å². The molecule has 0 saturated carbocycles. The van der Waals surface area contributed by atoms with Crippen molar-refractivity contribution in [2.24, 2.45) is 0 Å². The highest BCUT2D eigenvalue weighted by molar-refractivity contribution is 5.48. The highest BCUT2D eigenvalue weighted by atomic mass is 15.1. The van der Waals surface area contributed by atoms with Crippen LogP contribution in [0, 0.1) is 0 Å². The molecule has 3 rings (SSSR count). The fourth-order valence-electron chi connectivity index (χ4n) is 4.19. The van der Waals surface area contributed by atoms with Crippen LogP contribution in [0.2, 0.25) is 0 Å². The van der Waals surface area contributed by atoms with Crippen molar-refractivity contribution in [3.63, 3.8) is 0 Å². The van der Waals surface area contributed by atoms with Crippen LogP contribution in [0.3, 0.4) is 0 Å². The number of aryl methyl sites for hydroxylation is 1. The maximum atomic E-state index is 2.50. The summed E-state index contributed by atoms with van der Waals surface area (Å²) in [4.78, 5) is 2.50. The topological polar surface area (TPSA) is 3.24 Å². The SMILES string of the molecule is CN1Cc2cc(C(C)(C)C)cc3c2C(C)(CCC3)C1. The molecule has 1 unspecified atom stereocenters. The van der Waals surface area contributed by atoms with Crippen LogP contribution in [0.1, 0.15) is 62.8 Å². The Labute approximate surface area is 118 Å². The minimum absolute atomic E-state index is 0.259. The average molecular weight is 257 g/mol. The Balaban J connectivity index is 2.20. The zero-order valence-corrected chi connectivity index (χ0v) is 13.1. The van der Waals surface area contributed by atoms with E-state index in [9.17, 15) is 0 Å². The first-order valence-corrected chi connectivity index (χ1v) is 7.65.